The number of aromatic amines is 1. The maximum Gasteiger partial charge on any atom is 0.303 e. The lowest BCUT2D eigenvalue weighted by molar-refractivity contribution is -0.137. The van der Waals surface area contributed by atoms with Gasteiger partial charge in [0.15, 0.2) is 0 Å². The van der Waals surface area contributed by atoms with E-state index >= 15 is 0 Å². The zero-order chi connectivity index (χ0) is 14.5. The fraction of sp³-hybridized carbons (Fsp3) is 0.214. The largest absolute Gasteiger partial charge is 0.481 e. The maximum atomic E-state index is 13.5. The van der Waals surface area contributed by atoms with Crippen molar-refractivity contribution in [3.05, 3.63) is 41.6 Å². The number of hydrogen-bond donors (Lipinski definition) is 2. The summed E-state index contributed by atoms with van der Waals surface area (Å²) in [5.74, 6) is -0.760. The Labute approximate surface area is 114 Å². The number of carboxylic acids is 1. The minimum absolute atomic E-state index is 0.00468. The van der Waals surface area contributed by atoms with Crippen molar-refractivity contribution < 1.29 is 14.3 Å². The van der Waals surface area contributed by atoms with Crippen LogP contribution in [0.5, 0.6) is 0 Å². The monoisotopic (exact) mass is 273 g/mol. The summed E-state index contributed by atoms with van der Waals surface area (Å²) in [6.07, 6.45) is 2.66. The van der Waals surface area contributed by atoms with E-state index < -0.39 is 11.8 Å². The topological polar surface area (TPSA) is 89.8 Å². The standard InChI is InChI=1S/C14H12FN3O2/c15-11-6-9(4-5-10(11)7-16)12-8-17-13(18-12)2-1-3-14(19)20/h4-6,8H,1-3H2,(H,17,18)(H,19,20). The van der Waals surface area contributed by atoms with E-state index in [4.69, 9.17) is 10.4 Å². The molecule has 0 radical (unpaired) electrons. The number of rotatable bonds is 5. The maximum absolute atomic E-state index is 13.5. The number of aromatic nitrogens is 2. The number of carbonyl (C=O) groups is 1. The summed E-state index contributed by atoms with van der Waals surface area (Å²) in [6.45, 7) is 0. The summed E-state index contributed by atoms with van der Waals surface area (Å²) < 4.78 is 13.5. The van der Waals surface area contributed by atoms with Crippen molar-refractivity contribution in [1.82, 2.24) is 9.97 Å². The lowest BCUT2D eigenvalue weighted by Crippen LogP contribution is -1.96. The Kier molecular flexibility index (Phi) is 4.11. The molecule has 0 aliphatic rings. The highest BCUT2D eigenvalue weighted by Gasteiger charge is 2.08. The summed E-state index contributed by atoms with van der Waals surface area (Å²) in [4.78, 5) is 17.6. The molecule has 2 rings (SSSR count). The number of aliphatic carboxylic acids is 1. The van der Waals surface area contributed by atoms with Crippen LogP contribution in [-0.2, 0) is 11.2 Å². The van der Waals surface area contributed by atoms with Gasteiger partial charge < -0.3 is 10.1 Å². The van der Waals surface area contributed by atoms with Crippen molar-refractivity contribution in [2.24, 2.45) is 0 Å². The van der Waals surface area contributed by atoms with E-state index in [1.807, 2.05) is 0 Å². The molecule has 5 nitrogen and oxygen atoms in total. The highest BCUT2D eigenvalue weighted by atomic mass is 19.1. The van der Waals surface area contributed by atoms with Crippen LogP contribution in [0.3, 0.4) is 0 Å². The first kappa shape index (κ1) is 13.7. The number of nitrogens with one attached hydrogen (secondary N) is 1. The molecule has 0 saturated heterocycles. The molecule has 102 valence electrons. The van der Waals surface area contributed by atoms with Crippen LogP contribution in [0, 0.1) is 17.1 Å². The minimum atomic E-state index is -0.842. The fourth-order valence-corrected chi connectivity index (χ4v) is 1.82. The summed E-state index contributed by atoms with van der Waals surface area (Å²) in [5.41, 5.74) is 1.23. The van der Waals surface area contributed by atoms with Gasteiger partial charge in [-0.05, 0) is 18.6 Å². The number of imidazole rings is 1. The first-order valence-corrected chi connectivity index (χ1v) is 6.06. The number of nitrogens with zero attached hydrogens (tertiary/aromatic N) is 2. The smallest absolute Gasteiger partial charge is 0.303 e. The molecule has 20 heavy (non-hydrogen) atoms. The second-order valence-corrected chi connectivity index (χ2v) is 4.30. The molecular weight excluding hydrogens is 261 g/mol. The number of aryl methyl sites for hydroxylation is 1. The van der Waals surface area contributed by atoms with E-state index in [2.05, 4.69) is 9.97 Å². The van der Waals surface area contributed by atoms with E-state index in [0.717, 1.165) is 0 Å². The van der Waals surface area contributed by atoms with E-state index in [0.29, 0.717) is 29.9 Å². The van der Waals surface area contributed by atoms with Crippen LogP contribution in [0.2, 0.25) is 0 Å². The van der Waals surface area contributed by atoms with Gasteiger partial charge in [0.2, 0.25) is 0 Å². The Hall–Kier alpha value is -2.68. The molecule has 0 fully saturated rings. The Morgan fingerprint density at radius 3 is 2.95 bits per heavy atom. The molecule has 0 unspecified atom stereocenters. The molecule has 1 aromatic carbocycles. The van der Waals surface area contributed by atoms with Gasteiger partial charge in [-0.3, -0.25) is 4.79 Å². The summed E-state index contributed by atoms with van der Waals surface area (Å²) >= 11 is 0. The second-order valence-electron chi connectivity index (χ2n) is 4.30. The molecule has 0 aliphatic heterocycles. The van der Waals surface area contributed by atoms with Crippen molar-refractivity contribution in [3.8, 4) is 17.3 Å². The Morgan fingerprint density at radius 2 is 2.30 bits per heavy atom. The number of hydrogen-bond acceptors (Lipinski definition) is 3. The third kappa shape index (κ3) is 3.20. The third-order valence-electron chi connectivity index (χ3n) is 2.83. The van der Waals surface area contributed by atoms with Gasteiger partial charge in [-0.1, -0.05) is 6.07 Å². The van der Waals surface area contributed by atoms with Gasteiger partial charge >= 0.3 is 5.97 Å². The fourth-order valence-electron chi connectivity index (χ4n) is 1.82. The van der Waals surface area contributed by atoms with Crippen LogP contribution < -0.4 is 0 Å². The molecule has 2 N–H and O–H groups in total. The Balaban J connectivity index is 2.10. The molecule has 1 aromatic heterocycles. The van der Waals surface area contributed by atoms with Crippen LogP contribution in [0.25, 0.3) is 11.3 Å². The quantitative estimate of drug-likeness (QED) is 0.875. The predicted octanol–water partition coefficient (Wildman–Crippen LogP) is 2.49. The van der Waals surface area contributed by atoms with Crippen LogP contribution in [0.15, 0.2) is 24.4 Å². The number of benzene rings is 1. The van der Waals surface area contributed by atoms with Gasteiger partial charge in [0.25, 0.3) is 0 Å². The second kappa shape index (κ2) is 5.97. The summed E-state index contributed by atoms with van der Waals surface area (Å²) in [6, 6.07) is 6.08. The molecule has 0 bridgehead atoms. The van der Waals surface area contributed by atoms with E-state index in [-0.39, 0.29) is 12.0 Å². The average Bonchev–Trinajstić information content (AvgIpc) is 2.87. The minimum Gasteiger partial charge on any atom is -0.481 e. The summed E-state index contributed by atoms with van der Waals surface area (Å²) in [7, 11) is 0. The van der Waals surface area contributed by atoms with Gasteiger partial charge in [0.05, 0.1) is 17.5 Å². The molecule has 0 saturated carbocycles. The first-order valence-electron chi connectivity index (χ1n) is 6.06. The van der Waals surface area contributed by atoms with Crippen molar-refractivity contribution in [2.45, 2.75) is 19.3 Å². The highest BCUT2D eigenvalue weighted by molar-refractivity contribution is 5.66. The third-order valence-corrected chi connectivity index (χ3v) is 2.83. The molecule has 0 amide bonds. The molecular formula is C14H12FN3O2. The number of H-pyrrole nitrogens is 1. The van der Waals surface area contributed by atoms with Crippen LogP contribution in [-0.4, -0.2) is 21.0 Å². The lowest BCUT2D eigenvalue weighted by atomic mass is 10.1. The summed E-state index contributed by atoms with van der Waals surface area (Å²) in [5, 5.41) is 17.2. The molecule has 0 atom stereocenters. The van der Waals surface area contributed by atoms with Crippen LogP contribution in [0.1, 0.15) is 24.2 Å². The van der Waals surface area contributed by atoms with Crippen LogP contribution >= 0.6 is 0 Å². The number of nitriles is 1. The zero-order valence-electron chi connectivity index (χ0n) is 10.6. The van der Waals surface area contributed by atoms with E-state index in [1.165, 1.54) is 12.1 Å². The Bertz CT molecular complexity index is 673. The molecule has 0 aliphatic carbocycles. The zero-order valence-corrected chi connectivity index (χ0v) is 10.6. The lowest BCUT2D eigenvalue weighted by Gasteiger charge is -1.99. The SMILES string of the molecule is N#Cc1ccc(-c2cnc(CCCC(=O)O)[nH]2)cc1F. The highest BCUT2D eigenvalue weighted by Crippen LogP contribution is 2.20. The molecule has 0 spiro atoms. The van der Waals surface area contributed by atoms with Gasteiger partial charge in [0.1, 0.15) is 17.7 Å². The van der Waals surface area contributed by atoms with Gasteiger partial charge in [-0.15, -0.1) is 0 Å². The molecule has 6 heteroatoms. The van der Waals surface area contributed by atoms with Gasteiger partial charge in [-0.2, -0.15) is 5.26 Å². The first-order chi connectivity index (χ1) is 9.60. The van der Waals surface area contributed by atoms with E-state index in [9.17, 15) is 9.18 Å². The van der Waals surface area contributed by atoms with Gasteiger partial charge in [-0.25, -0.2) is 9.37 Å². The number of halogens is 1. The Morgan fingerprint density at radius 1 is 1.50 bits per heavy atom. The van der Waals surface area contributed by atoms with Crippen molar-refractivity contribution in [3.63, 3.8) is 0 Å². The van der Waals surface area contributed by atoms with Crippen molar-refractivity contribution in [2.75, 3.05) is 0 Å². The number of carboxylic acid groups (broad SMARTS) is 1. The van der Waals surface area contributed by atoms with Crippen molar-refractivity contribution >= 4 is 5.97 Å². The predicted molar refractivity (Wildman–Crippen MR) is 69.3 cm³/mol. The molecule has 2 aromatic rings. The van der Waals surface area contributed by atoms with Gasteiger partial charge in [0, 0.05) is 18.4 Å². The molecule has 1 heterocycles. The normalized spacial score (nSPS) is 10.2. The van der Waals surface area contributed by atoms with E-state index in [1.54, 1.807) is 18.3 Å². The van der Waals surface area contributed by atoms with Crippen molar-refractivity contribution in [1.29, 1.82) is 5.26 Å². The average molecular weight is 273 g/mol. The van der Waals surface area contributed by atoms with Crippen LogP contribution in [0.4, 0.5) is 4.39 Å².